The lowest BCUT2D eigenvalue weighted by Gasteiger charge is -2.00. The monoisotopic (exact) mass is 474 g/mol. The van der Waals surface area contributed by atoms with Crippen LogP contribution in [0, 0.1) is 0 Å². The third-order valence-corrected chi connectivity index (χ3v) is 4.99. The van der Waals surface area contributed by atoms with Crippen molar-refractivity contribution in [2.75, 3.05) is 7.11 Å². The van der Waals surface area contributed by atoms with E-state index in [4.69, 9.17) is 4.74 Å². The summed E-state index contributed by atoms with van der Waals surface area (Å²) in [7, 11) is 1.63. The van der Waals surface area contributed by atoms with Crippen molar-refractivity contribution >= 4 is 34.3 Å². The number of phenolic OH excluding ortho intramolecular Hbond substituents is 1. The first-order valence-electron chi connectivity index (χ1n) is 9.48. The number of ether oxygens (including phenoxy) is 1. The summed E-state index contributed by atoms with van der Waals surface area (Å²) in [5, 5.41) is 14.6. The molecule has 0 saturated carbocycles. The number of methoxy groups -OCH3 is 1. The van der Waals surface area contributed by atoms with E-state index in [1.807, 2.05) is 60.8 Å². The second kappa shape index (κ2) is 9.40. The van der Waals surface area contributed by atoms with Crippen LogP contribution in [0.4, 0.5) is 5.95 Å². The van der Waals surface area contributed by atoms with Gasteiger partial charge in [-0.2, -0.15) is 5.10 Å². The summed E-state index contributed by atoms with van der Waals surface area (Å²) in [5.74, 6) is 1.31. The van der Waals surface area contributed by atoms with Crippen molar-refractivity contribution in [1.82, 2.24) is 9.66 Å². The lowest BCUT2D eigenvalue weighted by atomic mass is 10.2. The van der Waals surface area contributed by atoms with Gasteiger partial charge in [-0.3, -0.25) is 0 Å². The van der Waals surface area contributed by atoms with Crippen LogP contribution in [0.25, 0.3) is 11.3 Å². The van der Waals surface area contributed by atoms with Crippen molar-refractivity contribution in [3.63, 3.8) is 0 Å². The van der Waals surface area contributed by atoms with Gasteiger partial charge in [-0.25, -0.2) is 14.7 Å². The van der Waals surface area contributed by atoms with Crippen molar-refractivity contribution in [3.8, 4) is 22.8 Å². The SMILES string of the molecule is COc1ccc(C=Nn2cc(-c3ccccc3)nc2/N=C/c2cc(Br)ccc2O)cc1. The van der Waals surface area contributed by atoms with Crippen LogP contribution in [0.1, 0.15) is 11.1 Å². The number of imidazole rings is 1. The molecule has 0 bridgehead atoms. The van der Waals surface area contributed by atoms with Gasteiger partial charge in [0, 0.05) is 21.8 Å². The van der Waals surface area contributed by atoms with E-state index < -0.39 is 0 Å². The van der Waals surface area contributed by atoms with Crippen molar-refractivity contribution < 1.29 is 9.84 Å². The van der Waals surface area contributed by atoms with Gasteiger partial charge in [-0.05, 0) is 48.0 Å². The average Bonchev–Trinajstić information content (AvgIpc) is 3.22. The zero-order valence-electron chi connectivity index (χ0n) is 16.7. The van der Waals surface area contributed by atoms with Gasteiger partial charge in [0.05, 0.1) is 25.2 Å². The van der Waals surface area contributed by atoms with E-state index in [9.17, 15) is 5.11 Å². The van der Waals surface area contributed by atoms with Crippen LogP contribution in [0.2, 0.25) is 0 Å². The Hall–Kier alpha value is -3.71. The highest BCUT2D eigenvalue weighted by Crippen LogP contribution is 2.24. The fourth-order valence-electron chi connectivity index (χ4n) is 2.86. The third kappa shape index (κ3) is 5.07. The van der Waals surface area contributed by atoms with Gasteiger partial charge in [0.25, 0.3) is 5.95 Å². The molecule has 0 saturated heterocycles. The second-order valence-corrected chi connectivity index (χ2v) is 7.53. The predicted octanol–water partition coefficient (Wildman–Crippen LogP) is 5.66. The largest absolute Gasteiger partial charge is 0.507 e. The maximum Gasteiger partial charge on any atom is 0.251 e. The second-order valence-electron chi connectivity index (χ2n) is 6.62. The van der Waals surface area contributed by atoms with E-state index >= 15 is 0 Å². The Balaban J connectivity index is 1.70. The Morgan fingerprint density at radius 1 is 1.00 bits per heavy atom. The van der Waals surface area contributed by atoms with Crippen LogP contribution in [-0.2, 0) is 0 Å². The van der Waals surface area contributed by atoms with Gasteiger partial charge < -0.3 is 9.84 Å². The van der Waals surface area contributed by atoms with Gasteiger partial charge in [0.15, 0.2) is 0 Å². The van der Waals surface area contributed by atoms with E-state index in [1.165, 1.54) is 0 Å². The first-order chi connectivity index (χ1) is 15.1. The van der Waals surface area contributed by atoms with E-state index in [2.05, 4.69) is 31.0 Å². The van der Waals surface area contributed by atoms with Gasteiger partial charge in [0.2, 0.25) is 0 Å². The zero-order valence-corrected chi connectivity index (χ0v) is 18.3. The smallest absolute Gasteiger partial charge is 0.251 e. The van der Waals surface area contributed by atoms with Crippen LogP contribution in [0.3, 0.4) is 0 Å². The maximum absolute atomic E-state index is 10.1. The fraction of sp³-hybridized carbons (Fsp3) is 0.0417. The summed E-state index contributed by atoms with van der Waals surface area (Å²) in [6.45, 7) is 0. The number of phenols is 1. The lowest BCUT2D eigenvalue weighted by molar-refractivity contribution is 0.415. The highest BCUT2D eigenvalue weighted by Gasteiger charge is 2.09. The molecule has 154 valence electrons. The van der Waals surface area contributed by atoms with Crippen molar-refractivity contribution in [1.29, 1.82) is 0 Å². The molecule has 4 aromatic rings. The number of halogens is 1. The lowest BCUT2D eigenvalue weighted by Crippen LogP contribution is -1.90. The molecule has 1 aromatic heterocycles. The Morgan fingerprint density at radius 3 is 2.52 bits per heavy atom. The Morgan fingerprint density at radius 2 is 1.77 bits per heavy atom. The normalized spacial score (nSPS) is 11.4. The van der Waals surface area contributed by atoms with Gasteiger partial charge in [-0.15, -0.1) is 0 Å². The number of nitrogens with zero attached hydrogens (tertiary/aromatic N) is 4. The molecule has 0 fully saturated rings. The molecule has 0 aliphatic rings. The molecule has 0 spiro atoms. The average molecular weight is 475 g/mol. The van der Waals surface area contributed by atoms with Crippen LogP contribution in [0.5, 0.6) is 11.5 Å². The number of hydrogen-bond acceptors (Lipinski definition) is 5. The minimum Gasteiger partial charge on any atom is -0.507 e. The van der Waals surface area contributed by atoms with E-state index in [-0.39, 0.29) is 5.75 Å². The number of benzene rings is 3. The maximum atomic E-state index is 10.1. The highest BCUT2D eigenvalue weighted by molar-refractivity contribution is 9.10. The molecule has 1 heterocycles. The number of aliphatic imine (C=N–C) groups is 1. The fourth-order valence-corrected chi connectivity index (χ4v) is 3.24. The molecular weight excluding hydrogens is 456 g/mol. The molecule has 31 heavy (non-hydrogen) atoms. The summed E-state index contributed by atoms with van der Waals surface area (Å²) in [6.07, 6.45) is 5.12. The summed E-state index contributed by atoms with van der Waals surface area (Å²) in [5.41, 5.74) is 3.19. The van der Waals surface area contributed by atoms with E-state index in [0.717, 1.165) is 27.0 Å². The molecule has 7 heteroatoms. The standard InChI is InChI=1S/C24H19BrN4O2/c1-31-21-10-7-17(8-11-21)14-27-29-16-22(18-5-3-2-4-6-18)28-24(29)26-15-19-13-20(25)9-12-23(19)30/h2-16,30H,1H3/b26-15+,27-14?. The van der Waals surface area contributed by atoms with Gasteiger partial charge in [-0.1, -0.05) is 46.3 Å². The van der Waals surface area contributed by atoms with Crippen LogP contribution in [-0.4, -0.2) is 34.3 Å². The molecule has 0 aliphatic heterocycles. The first-order valence-corrected chi connectivity index (χ1v) is 10.3. The predicted molar refractivity (Wildman–Crippen MR) is 127 cm³/mol. The molecule has 0 aliphatic carbocycles. The molecule has 4 rings (SSSR count). The molecule has 1 N–H and O–H groups in total. The highest BCUT2D eigenvalue weighted by atomic mass is 79.9. The minimum atomic E-state index is 0.134. The summed E-state index contributed by atoms with van der Waals surface area (Å²) in [6, 6.07) is 22.6. The van der Waals surface area contributed by atoms with Crippen molar-refractivity contribution in [2.45, 2.75) is 0 Å². The van der Waals surface area contributed by atoms with Gasteiger partial charge in [0.1, 0.15) is 11.5 Å². The van der Waals surface area contributed by atoms with E-state index in [0.29, 0.717) is 11.5 Å². The van der Waals surface area contributed by atoms with E-state index in [1.54, 1.807) is 42.4 Å². The Kier molecular flexibility index (Phi) is 6.24. The molecule has 0 radical (unpaired) electrons. The summed E-state index contributed by atoms with van der Waals surface area (Å²) in [4.78, 5) is 9.10. The van der Waals surface area contributed by atoms with Gasteiger partial charge >= 0.3 is 0 Å². The summed E-state index contributed by atoms with van der Waals surface area (Å²) < 4.78 is 7.65. The molecule has 0 unspecified atom stereocenters. The Labute approximate surface area is 188 Å². The minimum absolute atomic E-state index is 0.134. The number of rotatable bonds is 6. The quantitative estimate of drug-likeness (QED) is 0.366. The van der Waals surface area contributed by atoms with Crippen LogP contribution >= 0.6 is 15.9 Å². The zero-order chi connectivity index (χ0) is 21.6. The number of aromatic nitrogens is 2. The van der Waals surface area contributed by atoms with Crippen LogP contribution < -0.4 is 4.74 Å². The van der Waals surface area contributed by atoms with Crippen LogP contribution in [0.15, 0.2) is 93.6 Å². The van der Waals surface area contributed by atoms with Crippen molar-refractivity contribution in [3.05, 3.63) is 94.6 Å². The molecule has 0 atom stereocenters. The summed E-state index contributed by atoms with van der Waals surface area (Å²) >= 11 is 3.41. The number of hydrogen-bond donors (Lipinski definition) is 1. The van der Waals surface area contributed by atoms with Crippen molar-refractivity contribution in [2.24, 2.45) is 10.1 Å². The molecule has 3 aromatic carbocycles. The topological polar surface area (TPSA) is 72.0 Å². The third-order valence-electron chi connectivity index (χ3n) is 4.50. The molecular formula is C24H19BrN4O2. The number of aromatic hydroxyl groups is 1. The Bertz CT molecular complexity index is 1230. The molecule has 0 amide bonds. The first kappa shape index (κ1) is 20.6. The molecule has 6 nitrogen and oxygen atoms in total.